The minimum absolute atomic E-state index is 0.561. The van der Waals surface area contributed by atoms with Gasteiger partial charge in [0.15, 0.2) is 0 Å². The fourth-order valence-electron chi connectivity index (χ4n) is 3.58. The van der Waals surface area contributed by atoms with Crippen LogP contribution in [0.1, 0.15) is 63.5 Å². The van der Waals surface area contributed by atoms with Gasteiger partial charge >= 0.3 is 0 Å². The first-order chi connectivity index (χ1) is 8.77. The quantitative estimate of drug-likeness (QED) is 0.800. The summed E-state index contributed by atoms with van der Waals surface area (Å²) in [5, 5.41) is 0. The number of aryl methyl sites for hydroxylation is 1. The van der Waals surface area contributed by atoms with Gasteiger partial charge in [-0.05, 0) is 52.5 Å². The van der Waals surface area contributed by atoms with Crippen molar-refractivity contribution in [3.8, 4) is 0 Å². The zero-order valence-corrected chi connectivity index (χ0v) is 11.7. The van der Waals surface area contributed by atoms with E-state index in [-0.39, 0.29) is 0 Å². The Bertz CT molecular complexity index is 408. The van der Waals surface area contributed by atoms with Crippen LogP contribution in [0.2, 0.25) is 0 Å². The number of imidazole rings is 1. The second kappa shape index (κ2) is 5.04. The van der Waals surface area contributed by atoms with Gasteiger partial charge in [0.05, 0.1) is 6.04 Å². The summed E-state index contributed by atoms with van der Waals surface area (Å²) in [6.45, 7) is 7.06. The van der Waals surface area contributed by atoms with Crippen LogP contribution >= 0.6 is 0 Å². The molecule has 1 saturated heterocycles. The largest absolute Gasteiger partial charge is 0.331 e. The molecule has 0 spiro atoms. The van der Waals surface area contributed by atoms with Crippen LogP contribution in [0.25, 0.3) is 0 Å². The van der Waals surface area contributed by atoms with Crippen molar-refractivity contribution < 1.29 is 0 Å². The van der Waals surface area contributed by atoms with Crippen LogP contribution < -0.4 is 0 Å². The van der Waals surface area contributed by atoms with E-state index in [0.29, 0.717) is 12.1 Å². The summed E-state index contributed by atoms with van der Waals surface area (Å²) in [4.78, 5) is 7.42. The average molecular weight is 247 g/mol. The van der Waals surface area contributed by atoms with E-state index in [1.54, 1.807) is 0 Å². The maximum absolute atomic E-state index is 4.78. The molecule has 0 N–H and O–H groups in total. The molecule has 3 nitrogen and oxygen atoms in total. The molecule has 1 fully saturated rings. The Morgan fingerprint density at radius 1 is 1.17 bits per heavy atom. The van der Waals surface area contributed by atoms with E-state index in [0.717, 1.165) is 0 Å². The van der Waals surface area contributed by atoms with Gasteiger partial charge in [0.2, 0.25) is 0 Å². The molecule has 2 aliphatic heterocycles. The summed E-state index contributed by atoms with van der Waals surface area (Å²) >= 11 is 0. The van der Waals surface area contributed by atoms with Crippen molar-refractivity contribution in [2.75, 3.05) is 6.54 Å². The number of rotatable bonds is 2. The molecular formula is C15H25N3. The molecule has 3 heteroatoms. The molecule has 1 unspecified atom stereocenters. The summed E-state index contributed by atoms with van der Waals surface area (Å²) in [7, 11) is 0. The third-order valence-electron chi connectivity index (χ3n) is 4.54. The number of fused-ring (bicyclic) bond motifs is 1. The van der Waals surface area contributed by atoms with E-state index in [4.69, 9.17) is 4.98 Å². The fraction of sp³-hybridized carbons (Fsp3) is 0.800. The van der Waals surface area contributed by atoms with Crippen LogP contribution in [0, 0.1) is 0 Å². The van der Waals surface area contributed by atoms with Gasteiger partial charge in [-0.15, -0.1) is 0 Å². The zero-order chi connectivity index (χ0) is 12.5. The lowest BCUT2D eigenvalue weighted by molar-refractivity contribution is 0.103. The van der Waals surface area contributed by atoms with Crippen LogP contribution in [0.15, 0.2) is 6.20 Å². The zero-order valence-electron chi connectivity index (χ0n) is 11.7. The lowest BCUT2D eigenvalue weighted by Crippen LogP contribution is -2.40. The minimum Gasteiger partial charge on any atom is -0.331 e. The second-order valence-electron chi connectivity index (χ2n) is 6.06. The number of piperidine rings is 1. The molecule has 1 aromatic heterocycles. The minimum atomic E-state index is 0.561. The smallest absolute Gasteiger partial charge is 0.126 e. The normalized spacial score (nSPS) is 25.4. The van der Waals surface area contributed by atoms with Crippen molar-refractivity contribution in [3.05, 3.63) is 17.7 Å². The molecule has 2 aliphatic rings. The van der Waals surface area contributed by atoms with E-state index in [2.05, 4.69) is 29.5 Å². The molecule has 1 atom stereocenters. The van der Waals surface area contributed by atoms with Gasteiger partial charge < -0.3 is 4.57 Å². The Kier molecular flexibility index (Phi) is 3.42. The molecule has 3 rings (SSSR count). The van der Waals surface area contributed by atoms with E-state index in [1.807, 2.05) is 0 Å². The highest BCUT2D eigenvalue weighted by Gasteiger charge is 2.30. The van der Waals surface area contributed by atoms with Crippen LogP contribution in [-0.4, -0.2) is 27.0 Å². The average Bonchev–Trinajstić information content (AvgIpc) is 2.82. The number of nitrogens with zero attached hydrogens (tertiary/aromatic N) is 3. The standard InChI is InChI=1S/C15H25N3/c1-12(2)17-9-6-4-8-14(17)15-16-11-13-7-3-5-10-18(13)15/h11-12,14H,3-10H2,1-2H3. The number of hydrogen-bond donors (Lipinski definition) is 0. The summed E-state index contributed by atoms with van der Waals surface area (Å²) in [5.74, 6) is 1.35. The molecule has 100 valence electrons. The van der Waals surface area contributed by atoms with Crippen molar-refractivity contribution >= 4 is 0 Å². The molecule has 0 bridgehead atoms. The van der Waals surface area contributed by atoms with Crippen LogP contribution in [0.5, 0.6) is 0 Å². The van der Waals surface area contributed by atoms with Gasteiger partial charge in [0.25, 0.3) is 0 Å². The summed E-state index contributed by atoms with van der Waals surface area (Å²) < 4.78 is 2.51. The van der Waals surface area contributed by atoms with E-state index < -0.39 is 0 Å². The van der Waals surface area contributed by atoms with Crippen molar-refractivity contribution in [2.24, 2.45) is 0 Å². The summed E-state index contributed by atoms with van der Waals surface area (Å²) in [5.41, 5.74) is 1.46. The SMILES string of the molecule is CC(C)N1CCCCC1c1ncc2n1CCCC2. The van der Waals surface area contributed by atoms with Crippen molar-refractivity contribution in [3.63, 3.8) is 0 Å². The Morgan fingerprint density at radius 2 is 2.00 bits per heavy atom. The highest BCUT2D eigenvalue weighted by Crippen LogP contribution is 2.33. The van der Waals surface area contributed by atoms with Gasteiger partial charge in [0.1, 0.15) is 5.82 Å². The highest BCUT2D eigenvalue weighted by atomic mass is 15.2. The van der Waals surface area contributed by atoms with Gasteiger partial charge in [0, 0.05) is 24.5 Å². The van der Waals surface area contributed by atoms with Crippen molar-refractivity contribution in [1.82, 2.24) is 14.5 Å². The van der Waals surface area contributed by atoms with E-state index in [9.17, 15) is 0 Å². The van der Waals surface area contributed by atoms with Crippen LogP contribution in [0.3, 0.4) is 0 Å². The highest BCUT2D eigenvalue weighted by molar-refractivity contribution is 5.12. The summed E-state index contributed by atoms with van der Waals surface area (Å²) in [6, 6.07) is 1.19. The van der Waals surface area contributed by atoms with Crippen LogP contribution in [0.4, 0.5) is 0 Å². The lowest BCUT2D eigenvalue weighted by Gasteiger charge is -2.38. The molecule has 0 saturated carbocycles. The van der Waals surface area contributed by atoms with Gasteiger partial charge in [-0.25, -0.2) is 4.98 Å². The monoisotopic (exact) mass is 247 g/mol. The Balaban J connectivity index is 1.90. The Labute approximate surface area is 110 Å². The molecule has 0 amide bonds. The third-order valence-corrected chi connectivity index (χ3v) is 4.54. The maximum atomic E-state index is 4.78. The molecule has 0 radical (unpaired) electrons. The number of hydrogen-bond acceptors (Lipinski definition) is 2. The van der Waals surface area contributed by atoms with E-state index in [1.165, 1.54) is 63.1 Å². The predicted molar refractivity (Wildman–Crippen MR) is 73.6 cm³/mol. The number of likely N-dealkylation sites (tertiary alicyclic amines) is 1. The number of aromatic nitrogens is 2. The fourth-order valence-corrected chi connectivity index (χ4v) is 3.58. The maximum Gasteiger partial charge on any atom is 0.126 e. The molecule has 1 aromatic rings. The molecule has 0 aliphatic carbocycles. The summed E-state index contributed by atoms with van der Waals surface area (Å²) in [6.07, 6.45) is 10.0. The Hall–Kier alpha value is -0.830. The van der Waals surface area contributed by atoms with Gasteiger partial charge in [-0.1, -0.05) is 6.42 Å². The molecule has 0 aromatic carbocycles. The van der Waals surface area contributed by atoms with Gasteiger partial charge in [-0.3, -0.25) is 4.90 Å². The molecule has 18 heavy (non-hydrogen) atoms. The molecular weight excluding hydrogens is 222 g/mol. The second-order valence-corrected chi connectivity index (χ2v) is 6.06. The van der Waals surface area contributed by atoms with Crippen molar-refractivity contribution in [1.29, 1.82) is 0 Å². The topological polar surface area (TPSA) is 21.1 Å². The Morgan fingerprint density at radius 3 is 2.83 bits per heavy atom. The predicted octanol–water partition coefficient (Wildman–Crippen LogP) is 3.15. The third kappa shape index (κ3) is 2.09. The first-order valence-corrected chi connectivity index (χ1v) is 7.57. The first kappa shape index (κ1) is 12.2. The van der Waals surface area contributed by atoms with Gasteiger partial charge in [-0.2, -0.15) is 0 Å². The van der Waals surface area contributed by atoms with Crippen LogP contribution in [-0.2, 0) is 13.0 Å². The first-order valence-electron chi connectivity index (χ1n) is 7.57. The van der Waals surface area contributed by atoms with Crippen molar-refractivity contribution in [2.45, 2.75) is 71.0 Å². The van der Waals surface area contributed by atoms with E-state index >= 15 is 0 Å². The molecule has 3 heterocycles. The lowest BCUT2D eigenvalue weighted by atomic mass is 9.99.